The Morgan fingerprint density at radius 2 is 1.20 bits per heavy atom. The highest BCUT2D eigenvalue weighted by Crippen LogP contribution is 2.64. The Bertz CT molecular complexity index is 2430. The molecule has 1 aliphatic heterocycles. The molecule has 0 fully saturated rings. The molecule has 4 heteroatoms. The quantitative estimate of drug-likeness (QED) is 0.192. The lowest BCUT2D eigenvalue weighted by Gasteiger charge is -2.43. The molecule has 0 N–H and O–H groups in total. The molecular formula is C46H31N3O. The van der Waals surface area contributed by atoms with Crippen molar-refractivity contribution in [3.05, 3.63) is 198 Å². The molecule has 3 heterocycles. The molecule has 4 nitrogen and oxygen atoms in total. The van der Waals surface area contributed by atoms with Gasteiger partial charge in [-0.25, -0.2) is 9.97 Å². The Kier molecular flexibility index (Phi) is 6.50. The van der Waals surface area contributed by atoms with E-state index < -0.39 is 0 Å². The van der Waals surface area contributed by atoms with E-state index in [9.17, 15) is 0 Å². The summed E-state index contributed by atoms with van der Waals surface area (Å²) in [7, 11) is 0. The van der Waals surface area contributed by atoms with Crippen LogP contribution in [0, 0.1) is 5.92 Å². The van der Waals surface area contributed by atoms with Gasteiger partial charge in [0, 0.05) is 40.3 Å². The van der Waals surface area contributed by atoms with Gasteiger partial charge < -0.3 is 4.74 Å². The summed E-state index contributed by atoms with van der Waals surface area (Å²) >= 11 is 0. The molecule has 3 aliphatic rings. The SMILES string of the molecule is C1=CC2c3ccccc3C3(c4ccccc4Oc4cc(-c5cccc(-c6nc(-c7ccccc7)cc(-c7ccccn7)n6)c5)ccc43)C2C=C1. The Balaban J connectivity index is 1.11. The lowest BCUT2D eigenvalue weighted by atomic mass is 9.62. The van der Waals surface area contributed by atoms with Gasteiger partial charge in [0.25, 0.3) is 0 Å². The topological polar surface area (TPSA) is 47.9 Å². The molecule has 0 bridgehead atoms. The molecule has 0 radical (unpaired) electrons. The Hall–Kier alpha value is -6.39. The maximum atomic E-state index is 6.79. The number of hydrogen-bond acceptors (Lipinski definition) is 4. The number of allylic oxidation sites excluding steroid dienone is 4. The number of ether oxygens (including phenoxy) is 1. The smallest absolute Gasteiger partial charge is 0.160 e. The van der Waals surface area contributed by atoms with Crippen molar-refractivity contribution in [1.82, 2.24) is 15.0 Å². The number of aromatic nitrogens is 3. The molecule has 236 valence electrons. The number of pyridine rings is 1. The molecule has 0 saturated heterocycles. The average molecular weight is 642 g/mol. The van der Waals surface area contributed by atoms with Crippen LogP contribution in [-0.2, 0) is 5.41 Å². The van der Waals surface area contributed by atoms with Crippen molar-refractivity contribution in [3.8, 4) is 56.7 Å². The Morgan fingerprint density at radius 1 is 0.480 bits per heavy atom. The van der Waals surface area contributed by atoms with E-state index in [-0.39, 0.29) is 11.3 Å². The minimum absolute atomic E-state index is 0.241. The Labute approximate surface area is 291 Å². The summed E-state index contributed by atoms with van der Waals surface area (Å²) in [5, 5.41) is 0. The van der Waals surface area contributed by atoms with Crippen LogP contribution in [0.25, 0.3) is 45.2 Å². The van der Waals surface area contributed by atoms with Crippen LogP contribution in [0.3, 0.4) is 0 Å². The van der Waals surface area contributed by atoms with E-state index in [1.54, 1.807) is 6.20 Å². The zero-order valence-corrected chi connectivity index (χ0v) is 27.1. The van der Waals surface area contributed by atoms with Crippen molar-refractivity contribution in [2.45, 2.75) is 11.3 Å². The van der Waals surface area contributed by atoms with Gasteiger partial charge in [-0.3, -0.25) is 4.98 Å². The van der Waals surface area contributed by atoms with Gasteiger partial charge in [0.1, 0.15) is 11.5 Å². The number of rotatable bonds is 4. The van der Waals surface area contributed by atoms with Gasteiger partial charge in [0.15, 0.2) is 5.82 Å². The predicted octanol–water partition coefficient (Wildman–Crippen LogP) is 10.8. The van der Waals surface area contributed by atoms with Crippen LogP contribution in [-0.4, -0.2) is 15.0 Å². The molecule has 50 heavy (non-hydrogen) atoms. The maximum absolute atomic E-state index is 6.79. The van der Waals surface area contributed by atoms with Crippen molar-refractivity contribution < 1.29 is 4.74 Å². The first-order valence-electron chi connectivity index (χ1n) is 17.1. The van der Waals surface area contributed by atoms with E-state index in [1.165, 1.54) is 22.3 Å². The zero-order valence-electron chi connectivity index (χ0n) is 27.1. The summed E-state index contributed by atoms with van der Waals surface area (Å²) in [6.07, 6.45) is 11.0. The summed E-state index contributed by atoms with van der Waals surface area (Å²) in [6, 6.07) is 50.9. The molecule has 3 atom stereocenters. The van der Waals surface area contributed by atoms with E-state index in [2.05, 4.69) is 132 Å². The summed E-state index contributed by atoms with van der Waals surface area (Å²) in [4.78, 5) is 14.7. The highest BCUT2D eigenvalue weighted by molar-refractivity contribution is 5.77. The second-order valence-electron chi connectivity index (χ2n) is 13.1. The van der Waals surface area contributed by atoms with E-state index in [0.717, 1.165) is 50.8 Å². The van der Waals surface area contributed by atoms with E-state index in [1.807, 2.05) is 42.5 Å². The molecule has 10 rings (SSSR count). The van der Waals surface area contributed by atoms with Gasteiger partial charge in [-0.1, -0.05) is 133 Å². The molecule has 0 amide bonds. The fourth-order valence-electron chi connectivity index (χ4n) is 8.37. The lowest BCUT2D eigenvalue weighted by Crippen LogP contribution is -2.37. The third-order valence-corrected chi connectivity index (χ3v) is 10.5. The van der Waals surface area contributed by atoms with Crippen LogP contribution in [0.5, 0.6) is 11.5 Å². The average Bonchev–Trinajstić information content (AvgIpc) is 3.49. The van der Waals surface area contributed by atoms with Crippen LogP contribution in [0.1, 0.15) is 28.2 Å². The van der Waals surface area contributed by atoms with Gasteiger partial charge in [0.2, 0.25) is 0 Å². The highest BCUT2D eigenvalue weighted by Gasteiger charge is 2.56. The van der Waals surface area contributed by atoms with Gasteiger partial charge in [-0.15, -0.1) is 0 Å². The molecule has 2 aromatic heterocycles. The number of benzene rings is 5. The van der Waals surface area contributed by atoms with Crippen LogP contribution in [0.4, 0.5) is 0 Å². The zero-order chi connectivity index (χ0) is 33.1. The third kappa shape index (κ3) is 4.35. The van der Waals surface area contributed by atoms with Crippen LogP contribution >= 0.6 is 0 Å². The molecule has 3 unspecified atom stereocenters. The summed E-state index contributed by atoms with van der Waals surface area (Å²) in [6.45, 7) is 0. The van der Waals surface area contributed by atoms with E-state index >= 15 is 0 Å². The molecular weight excluding hydrogens is 611 g/mol. The van der Waals surface area contributed by atoms with E-state index in [4.69, 9.17) is 14.7 Å². The summed E-state index contributed by atoms with van der Waals surface area (Å²) < 4.78 is 6.79. The lowest BCUT2D eigenvalue weighted by molar-refractivity contribution is 0.374. The summed E-state index contributed by atoms with van der Waals surface area (Å²) in [5.74, 6) is 3.00. The standard InChI is InChI=1S/C46H31N3O/c1-2-13-30(14-3-1)41-29-42(40-22-10-11-26-47-40)49-45(48-41)33-16-12-15-31(27-33)32-24-25-39-44(28-32)50-43-23-9-8-21-38(43)46(39)36-19-6-4-17-34(36)35-18-5-7-20-37(35)46/h1-29,34,36H. The fourth-order valence-corrected chi connectivity index (χ4v) is 8.37. The number of fused-ring (bicyclic) bond motifs is 9. The monoisotopic (exact) mass is 641 g/mol. The van der Waals surface area contributed by atoms with Crippen molar-refractivity contribution >= 4 is 0 Å². The van der Waals surface area contributed by atoms with Crippen LogP contribution < -0.4 is 4.74 Å². The molecule has 5 aromatic carbocycles. The van der Waals surface area contributed by atoms with Gasteiger partial charge in [-0.2, -0.15) is 0 Å². The molecule has 1 spiro atoms. The third-order valence-electron chi connectivity index (χ3n) is 10.5. The minimum atomic E-state index is -0.360. The van der Waals surface area contributed by atoms with Crippen molar-refractivity contribution in [3.63, 3.8) is 0 Å². The van der Waals surface area contributed by atoms with Crippen LogP contribution in [0.15, 0.2) is 176 Å². The van der Waals surface area contributed by atoms with Gasteiger partial charge in [0.05, 0.1) is 22.5 Å². The van der Waals surface area contributed by atoms with Crippen molar-refractivity contribution in [1.29, 1.82) is 0 Å². The second kappa shape index (κ2) is 11.4. The first kappa shape index (κ1) is 28.6. The van der Waals surface area contributed by atoms with Crippen LogP contribution in [0.2, 0.25) is 0 Å². The predicted molar refractivity (Wildman–Crippen MR) is 199 cm³/mol. The normalized spacial score (nSPS) is 19.3. The largest absolute Gasteiger partial charge is 0.457 e. The maximum Gasteiger partial charge on any atom is 0.160 e. The fraction of sp³-hybridized carbons (Fsp3) is 0.0652. The highest BCUT2D eigenvalue weighted by atomic mass is 16.5. The Morgan fingerprint density at radius 3 is 2.10 bits per heavy atom. The number of nitrogens with zero attached hydrogens (tertiary/aromatic N) is 3. The first-order valence-corrected chi connectivity index (χ1v) is 17.1. The van der Waals surface area contributed by atoms with Crippen molar-refractivity contribution in [2.75, 3.05) is 0 Å². The van der Waals surface area contributed by atoms with Crippen molar-refractivity contribution in [2.24, 2.45) is 5.92 Å². The molecule has 2 aliphatic carbocycles. The number of para-hydroxylation sites is 1. The first-order chi connectivity index (χ1) is 24.8. The van der Waals surface area contributed by atoms with Gasteiger partial charge >= 0.3 is 0 Å². The second-order valence-corrected chi connectivity index (χ2v) is 13.1. The molecule has 0 saturated carbocycles. The number of hydrogen-bond donors (Lipinski definition) is 0. The van der Waals surface area contributed by atoms with E-state index in [0.29, 0.717) is 11.7 Å². The van der Waals surface area contributed by atoms with Gasteiger partial charge in [-0.05, 0) is 58.7 Å². The summed E-state index contributed by atoms with van der Waals surface area (Å²) in [5.41, 5.74) is 11.4. The minimum Gasteiger partial charge on any atom is -0.457 e. The molecule has 7 aromatic rings.